The Kier molecular flexibility index (Phi) is 3.47. The number of allylic oxidation sites excluding steroid dienone is 2. The van der Waals surface area contributed by atoms with Crippen molar-refractivity contribution in [2.45, 2.75) is 51.9 Å². The van der Waals surface area contributed by atoms with Crippen LogP contribution in [0.1, 0.15) is 56.6 Å². The van der Waals surface area contributed by atoms with Crippen LogP contribution < -0.4 is 0 Å². The first kappa shape index (κ1) is 14.8. The monoisotopic (exact) mass is 311 g/mol. The first-order valence-corrected chi connectivity index (χ1v) is 8.84. The van der Waals surface area contributed by atoms with Crippen molar-refractivity contribution in [3.05, 3.63) is 41.0 Å². The highest BCUT2D eigenvalue weighted by Gasteiger charge is 2.51. The van der Waals surface area contributed by atoms with E-state index in [4.69, 9.17) is 4.84 Å². The van der Waals surface area contributed by atoms with Crippen LogP contribution in [0.5, 0.6) is 5.75 Å². The van der Waals surface area contributed by atoms with Gasteiger partial charge in [-0.05, 0) is 68.2 Å². The lowest BCUT2D eigenvalue weighted by molar-refractivity contribution is 0.151. The summed E-state index contributed by atoms with van der Waals surface area (Å²) < 4.78 is 0. The molecule has 1 N–H and O–H groups in total. The Morgan fingerprint density at radius 1 is 1.35 bits per heavy atom. The molecule has 122 valence electrons. The topological polar surface area (TPSA) is 41.8 Å². The SMILES string of the molecule is CCO/N=C1\CCC2C3=CCc4cc(O)ccc4C3CCC12C. The van der Waals surface area contributed by atoms with Gasteiger partial charge in [0.1, 0.15) is 12.4 Å². The van der Waals surface area contributed by atoms with Gasteiger partial charge in [0.25, 0.3) is 0 Å². The van der Waals surface area contributed by atoms with Crippen LogP contribution in [0, 0.1) is 11.3 Å². The molecule has 2 fully saturated rings. The molecule has 2 saturated carbocycles. The molecule has 0 aromatic heterocycles. The van der Waals surface area contributed by atoms with Gasteiger partial charge < -0.3 is 9.94 Å². The standard InChI is InChI=1S/C20H25NO2/c1-3-23-21-19-9-8-18-17-6-4-13-12-14(22)5-7-15(13)16(17)10-11-20(18,19)2/h5-7,12,16,18,22H,3-4,8-11H2,1-2H3/b21-19+. The van der Waals surface area contributed by atoms with Crippen molar-refractivity contribution in [1.29, 1.82) is 0 Å². The number of oxime groups is 1. The van der Waals surface area contributed by atoms with Crippen LogP contribution in [0.2, 0.25) is 0 Å². The molecule has 0 radical (unpaired) electrons. The minimum atomic E-state index is 0.173. The van der Waals surface area contributed by atoms with E-state index in [9.17, 15) is 5.11 Å². The highest BCUT2D eigenvalue weighted by Crippen LogP contribution is 2.58. The Balaban J connectivity index is 1.68. The molecule has 1 aromatic rings. The number of rotatable bonds is 2. The van der Waals surface area contributed by atoms with E-state index in [0.29, 0.717) is 24.2 Å². The molecule has 0 heterocycles. The zero-order valence-corrected chi connectivity index (χ0v) is 14.0. The van der Waals surface area contributed by atoms with Gasteiger partial charge >= 0.3 is 0 Å². The van der Waals surface area contributed by atoms with Crippen molar-refractivity contribution >= 4 is 5.71 Å². The predicted molar refractivity (Wildman–Crippen MR) is 91.8 cm³/mol. The Morgan fingerprint density at radius 3 is 3.04 bits per heavy atom. The van der Waals surface area contributed by atoms with Crippen LogP contribution in [0.25, 0.3) is 0 Å². The molecule has 0 bridgehead atoms. The number of benzene rings is 1. The Morgan fingerprint density at radius 2 is 2.22 bits per heavy atom. The van der Waals surface area contributed by atoms with Crippen LogP contribution in [-0.2, 0) is 11.3 Å². The van der Waals surface area contributed by atoms with Crippen LogP contribution in [-0.4, -0.2) is 17.4 Å². The Hall–Kier alpha value is -1.77. The van der Waals surface area contributed by atoms with E-state index < -0.39 is 0 Å². The first-order chi connectivity index (χ1) is 11.1. The minimum absolute atomic E-state index is 0.173. The molecule has 3 aliphatic rings. The quantitative estimate of drug-likeness (QED) is 0.642. The number of phenolic OH excluding ortho intramolecular Hbond substituents is 1. The third-order valence-corrected chi connectivity index (χ3v) is 6.22. The van der Waals surface area contributed by atoms with Crippen LogP contribution in [0.3, 0.4) is 0 Å². The fourth-order valence-electron chi connectivity index (χ4n) is 5.04. The lowest BCUT2D eigenvalue weighted by Gasteiger charge is -2.44. The number of hydrogen-bond donors (Lipinski definition) is 1. The average molecular weight is 311 g/mol. The van der Waals surface area contributed by atoms with Gasteiger partial charge in [-0.2, -0.15) is 0 Å². The second kappa shape index (κ2) is 5.40. The molecule has 1 aromatic carbocycles. The third-order valence-electron chi connectivity index (χ3n) is 6.22. The molecule has 3 unspecified atom stereocenters. The van der Waals surface area contributed by atoms with Crippen molar-refractivity contribution < 1.29 is 9.94 Å². The van der Waals surface area contributed by atoms with Crippen LogP contribution >= 0.6 is 0 Å². The third kappa shape index (κ3) is 2.20. The fraction of sp³-hybridized carbons (Fsp3) is 0.550. The lowest BCUT2D eigenvalue weighted by Crippen LogP contribution is -2.37. The van der Waals surface area contributed by atoms with Gasteiger partial charge in [-0.1, -0.05) is 29.8 Å². The normalized spacial score (nSPS) is 33.7. The van der Waals surface area contributed by atoms with Crippen LogP contribution in [0.15, 0.2) is 35.0 Å². The van der Waals surface area contributed by atoms with Gasteiger partial charge in [0.2, 0.25) is 0 Å². The van der Waals surface area contributed by atoms with Gasteiger partial charge in [0.05, 0.1) is 5.71 Å². The maximum atomic E-state index is 9.74. The number of aromatic hydroxyl groups is 1. The first-order valence-electron chi connectivity index (χ1n) is 8.84. The predicted octanol–water partition coefficient (Wildman–Crippen LogP) is 4.56. The van der Waals surface area contributed by atoms with Gasteiger partial charge in [-0.25, -0.2) is 0 Å². The maximum Gasteiger partial charge on any atom is 0.115 e. The van der Waals surface area contributed by atoms with Crippen molar-refractivity contribution in [3.63, 3.8) is 0 Å². The Labute approximate surface area is 138 Å². The highest BCUT2D eigenvalue weighted by molar-refractivity contribution is 5.92. The molecule has 3 aliphatic carbocycles. The number of hydrogen-bond acceptors (Lipinski definition) is 3. The summed E-state index contributed by atoms with van der Waals surface area (Å²) in [6, 6.07) is 5.91. The summed E-state index contributed by atoms with van der Waals surface area (Å²) in [7, 11) is 0. The molecule has 0 amide bonds. The smallest absolute Gasteiger partial charge is 0.115 e. The van der Waals surface area contributed by atoms with Gasteiger partial charge in [0.15, 0.2) is 0 Å². The number of phenols is 1. The summed E-state index contributed by atoms with van der Waals surface area (Å²) >= 11 is 0. The molecule has 23 heavy (non-hydrogen) atoms. The summed E-state index contributed by atoms with van der Waals surface area (Å²) in [6.07, 6.45) is 7.97. The van der Waals surface area contributed by atoms with Crippen molar-refractivity contribution in [2.75, 3.05) is 6.61 Å². The molecular formula is C20H25NO2. The second-order valence-corrected chi connectivity index (χ2v) is 7.35. The summed E-state index contributed by atoms with van der Waals surface area (Å²) in [4.78, 5) is 5.38. The molecule has 3 nitrogen and oxygen atoms in total. The maximum absolute atomic E-state index is 9.74. The zero-order valence-electron chi connectivity index (χ0n) is 14.0. The van der Waals surface area contributed by atoms with E-state index in [1.165, 1.54) is 36.1 Å². The van der Waals surface area contributed by atoms with E-state index in [-0.39, 0.29) is 5.41 Å². The molecule has 0 saturated heterocycles. The van der Waals surface area contributed by atoms with E-state index in [2.05, 4.69) is 24.2 Å². The van der Waals surface area contributed by atoms with E-state index in [1.807, 2.05) is 19.1 Å². The van der Waals surface area contributed by atoms with Crippen molar-refractivity contribution in [3.8, 4) is 5.75 Å². The number of nitrogens with zero attached hydrogens (tertiary/aromatic N) is 1. The second-order valence-electron chi connectivity index (χ2n) is 7.35. The van der Waals surface area contributed by atoms with Gasteiger partial charge in [0, 0.05) is 11.3 Å². The number of fused-ring (bicyclic) bond motifs is 5. The van der Waals surface area contributed by atoms with Crippen LogP contribution in [0.4, 0.5) is 0 Å². The average Bonchev–Trinajstić information content (AvgIpc) is 2.89. The Bertz CT molecular complexity index is 691. The highest BCUT2D eigenvalue weighted by atomic mass is 16.6. The fourth-order valence-corrected chi connectivity index (χ4v) is 5.04. The summed E-state index contributed by atoms with van der Waals surface area (Å²) in [5.41, 5.74) is 5.77. The molecule has 3 heteroatoms. The van der Waals surface area contributed by atoms with E-state index in [1.54, 1.807) is 5.57 Å². The molecular weight excluding hydrogens is 286 g/mol. The molecule has 0 spiro atoms. The molecule has 4 rings (SSSR count). The van der Waals surface area contributed by atoms with E-state index >= 15 is 0 Å². The summed E-state index contributed by atoms with van der Waals surface area (Å²) in [6.45, 7) is 5.02. The molecule has 3 atom stereocenters. The van der Waals surface area contributed by atoms with E-state index in [0.717, 1.165) is 12.8 Å². The molecule has 0 aliphatic heterocycles. The van der Waals surface area contributed by atoms with Crippen molar-refractivity contribution in [2.24, 2.45) is 16.5 Å². The minimum Gasteiger partial charge on any atom is -0.508 e. The van der Waals surface area contributed by atoms with Gasteiger partial charge in [-0.3, -0.25) is 0 Å². The largest absolute Gasteiger partial charge is 0.508 e. The summed E-state index contributed by atoms with van der Waals surface area (Å²) in [5.74, 6) is 1.51. The van der Waals surface area contributed by atoms with Gasteiger partial charge in [-0.15, -0.1) is 0 Å². The summed E-state index contributed by atoms with van der Waals surface area (Å²) in [5, 5.41) is 14.2. The lowest BCUT2D eigenvalue weighted by atomic mass is 9.60. The van der Waals surface area contributed by atoms with Crippen molar-refractivity contribution in [1.82, 2.24) is 0 Å². The zero-order chi connectivity index (χ0) is 16.0.